The summed E-state index contributed by atoms with van der Waals surface area (Å²) >= 11 is 0. The van der Waals surface area contributed by atoms with E-state index < -0.39 is 26.7 Å². The summed E-state index contributed by atoms with van der Waals surface area (Å²) in [5, 5.41) is -0.640. The van der Waals surface area contributed by atoms with E-state index >= 15 is 0 Å². The van der Waals surface area contributed by atoms with E-state index in [0.29, 0.717) is 6.42 Å². The number of hydrogen-bond acceptors (Lipinski definition) is 4. The minimum absolute atomic E-state index is 0.451. The molecule has 1 amide bonds. The van der Waals surface area contributed by atoms with Crippen LogP contribution in [0.25, 0.3) is 0 Å². The molecule has 0 radical (unpaired) electrons. The molecule has 1 unspecified atom stereocenters. The Labute approximate surface area is 91.5 Å². The Morgan fingerprint density at radius 1 is 1.47 bits per heavy atom. The number of sulfonamides is 1. The molecule has 1 atom stereocenters. The zero-order valence-corrected chi connectivity index (χ0v) is 10.5. The van der Waals surface area contributed by atoms with Gasteiger partial charge in [-0.25, -0.2) is 8.42 Å². The first kappa shape index (κ1) is 14.4. The van der Waals surface area contributed by atoms with Crippen LogP contribution in [0, 0.1) is 0 Å². The molecular weight excluding hydrogens is 216 g/mol. The third-order valence-corrected chi connectivity index (χ3v) is 3.85. The van der Waals surface area contributed by atoms with E-state index in [2.05, 4.69) is 0 Å². The maximum atomic E-state index is 11.6. The first-order valence-electron chi connectivity index (χ1n) is 4.98. The summed E-state index contributed by atoms with van der Waals surface area (Å²) in [7, 11) is -3.58. The Bertz CT molecular complexity index is 320. The van der Waals surface area contributed by atoms with Crippen LogP contribution in [0.4, 0.5) is 0 Å². The molecule has 0 aliphatic rings. The summed E-state index contributed by atoms with van der Waals surface area (Å²) in [5.74, 6) is -0.641. The van der Waals surface area contributed by atoms with Crippen LogP contribution in [-0.4, -0.2) is 25.1 Å². The molecule has 0 aromatic carbocycles. The SMILES string of the molecule is CCCC(C)(N)C(=O)NS(=O)(=O)C(C)C. The van der Waals surface area contributed by atoms with Crippen LogP contribution in [-0.2, 0) is 14.8 Å². The van der Waals surface area contributed by atoms with Gasteiger partial charge in [-0.3, -0.25) is 9.52 Å². The average Bonchev–Trinajstić information content (AvgIpc) is 2.02. The van der Waals surface area contributed by atoms with E-state index in [1.165, 1.54) is 20.8 Å². The Kier molecular flexibility index (Phi) is 4.73. The van der Waals surface area contributed by atoms with E-state index in [0.717, 1.165) is 6.42 Å². The van der Waals surface area contributed by atoms with Crippen molar-refractivity contribution in [1.82, 2.24) is 4.72 Å². The second-order valence-corrected chi connectivity index (χ2v) is 6.43. The van der Waals surface area contributed by atoms with Gasteiger partial charge < -0.3 is 5.73 Å². The van der Waals surface area contributed by atoms with Crippen LogP contribution in [0.3, 0.4) is 0 Å². The smallest absolute Gasteiger partial charge is 0.253 e. The molecule has 0 rings (SSSR count). The van der Waals surface area contributed by atoms with Gasteiger partial charge in [0.05, 0.1) is 10.8 Å². The maximum Gasteiger partial charge on any atom is 0.253 e. The van der Waals surface area contributed by atoms with Crippen molar-refractivity contribution in [1.29, 1.82) is 0 Å². The lowest BCUT2D eigenvalue weighted by Crippen LogP contribution is -2.54. The molecule has 0 aromatic heterocycles. The zero-order chi connectivity index (χ0) is 12.3. The van der Waals surface area contributed by atoms with E-state index in [4.69, 9.17) is 5.73 Å². The van der Waals surface area contributed by atoms with E-state index in [-0.39, 0.29) is 0 Å². The lowest BCUT2D eigenvalue weighted by Gasteiger charge is -2.23. The van der Waals surface area contributed by atoms with Crippen molar-refractivity contribution < 1.29 is 13.2 Å². The highest BCUT2D eigenvalue weighted by molar-refractivity contribution is 7.90. The number of carbonyl (C=O) groups is 1. The van der Waals surface area contributed by atoms with Gasteiger partial charge in [0.1, 0.15) is 0 Å². The van der Waals surface area contributed by atoms with Crippen molar-refractivity contribution >= 4 is 15.9 Å². The second kappa shape index (κ2) is 4.94. The molecule has 0 heterocycles. The highest BCUT2D eigenvalue weighted by Gasteiger charge is 2.31. The predicted molar refractivity (Wildman–Crippen MR) is 59.7 cm³/mol. The summed E-state index contributed by atoms with van der Waals surface area (Å²) in [4.78, 5) is 11.6. The molecule has 5 nitrogen and oxygen atoms in total. The molecule has 3 N–H and O–H groups in total. The van der Waals surface area contributed by atoms with Crippen LogP contribution in [0.2, 0.25) is 0 Å². The third kappa shape index (κ3) is 4.17. The molecule has 6 heteroatoms. The van der Waals surface area contributed by atoms with Gasteiger partial charge in [0.15, 0.2) is 0 Å². The topological polar surface area (TPSA) is 89.3 Å². The lowest BCUT2D eigenvalue weighted by molar-refractivity contribution is -0.124. The molecule has 0 spiro atoms. The molecule has 0 saturated carbocycles. The highest BCUT2D eigenvalue weighted by Crippen LogP contribution is 2.09. The summed E-state index contributed by atoms with van der Waals surface area (Å²) < 4.78 is 24.8. The van der Waals surface area contributed by atoms with Crippen LogP contribution < -0.4 is 10.5 Å². The van der Waals surface area contributed by atoms with Gasteiger partial charge in [0, 0.05) is 0 Å². The molecule has 0 bridgehead atoms. The summed E-state index contributed by atoms with van der Waals surface area (Å²) in [6.07, 6.45) is 1.18. The lowest BCUT2D eigenvalue weighted by atomic mass is 9.97. The van der Waals surface area contributed by atoms with E-state index in [9.17, 15) is 13.2 Å². The number of nitrogens with one attached hydrogen (secondary N) is 1. The van der Waals surface area contributed by atoms with Crippen LogP contribution in [0.15, 0.2) is 0 Å². The van der Waals surface area contributed by atoms with E-state index in [1.54, 1.807) is 0 Å². The van der Waals surface area contributed by atoms with Crippen molar-refractivity contribution in [2.75, 3.05) is 0 Å². The standard InChI is InChI=1S/C9H20N2O3S/c1-5-6-9(4,10)8(12)11-15(13,14)7(2)3/h7H,5-6,10H2,1-4H3,(H,11,12). The molecule has 0 aliphatic heterocycles. The van der Waals surface area contributed by atoms with Gasteiger partial charge in [-0.1, -0.05) is 13.3 Å². The van der Waals surface area contributed by atoms with Crippen LogP contribution >= 0.6 is 0 Å². The fourth-order valence-corrected chi connectivity index (χ4v) is 1.72. The Hall–Kier alpha value is -0.620. The minimum atomic E-state index is -3.58. The monoisotopic (exact) mass is 236 g/mol. The van der Waals surface area contributed by atoms with E-state index in [1.807, 2.05) is 11.6 Å². The third-order valence-electron chi connectivity index (χ3n) is 2.14. The fraction of sp³-hybridized carbons (Fsp3) is 0.889. The molecular formula is C9H20N2O3S. The summed E-state index contributed by atoms with van der Waals surface area (Å²) in [5.41, 5.74) is 4.57. The number of rotatable bonds is 5. The van der Waals surface area contributed by atoms with Crippen molar-refractivity contribution in [3.8, 4) is 0 Å². The predicted octanol–water partition coefficient (Wildman–Crippen LogP) is 0.358. The minimum Gasteiger partial charge on any atom is -0.318 e. The van der Waals surface area contributed by atoms with Crippen molar-refractivity contribution in [3.63, 3.8) is 0 Å². The van der Waals surface area contributed by atoms with Crippen molar-refractivity contribution in [2.45, 2.75) is 51.3 Å². The van der Waals surface area contributed by atoms with Crippen LogP contribution in [0.1, 0.15) is 40.5 Å². The molecule has 0 aliphatic carbocycles. The van der Waals surface area contributed by atoms with Crippen molar-refractivity contribution in [3.05, 3.63) is 0 Å². The summed E-state index contributed by atoms with van der Waals surface area (Å²) in [6.45, 7) is 6.42. The van der Waals surface area contributed by atoms with Gasteiger partial charge in [0.25, 0.3) is 5.91 Å². The first-order chi connectivity index (χ1) is 6.63. The number of carbonyl (C=O) groups excluding carboxylic acids is 1. The van der Waals surface area contributed by atoms with Gasteiger partial charge >= 0.3 is 0 Å². The molecule has 0 saturated heterocycles. The Morgan fingerprint density at radius 3 is 2.27 bits per heavy atom. The molecule has 90 valence electrons. The Balaban J connectivity index is 4.64. The van der Waals surface area contributed by atoms with Gasteiger partial charge in [0.2, 0.25) is 10.0 Å². The molecule has 0 aromatic rings. The normalized spacial score (nSPS) is 16.1. The second-order valence-electron chi connectivity index (χ2n) is 4.19. The average molecular weight is 236 g/mol. The zero-order valence-electron chi connectivity index (χ0n) is 9.70. The van der Waals surface area contributed by atoms with Crippen LogP contribution in [0.5, 0.6) is 0 Å². The highest BCUT2D eigenvalue weighted by atomic mass is 32.2. The first-order valence-corrected chi connectivity index (χ1v) is 6.53. The van der Waals surface area contributed by atoms with Gasteiger partial charge in [-0.2, -0.15) is 0 Å². The van der Waals surface area contributed by atoms with Crippen molar-refractivity contribution in [2.24, 2.45) is 5.73 Å². The quantitative estimate of drug-likeness (QED) is 0.721. The van der Waals surface area contributed by atoms with Gasteiger partial charge in [-0.15, -0.1) is 0 Å². The number of hydrogen-bond donors (Lipinski definition) is 2. The largest absolute Gasteiger partial charge is 0.318 e. The fourth-order valence-electron chi connectivity index (χ4n) is 0.997. The Morgan fingerprint density at radius 2 is 1.93 bits per heavy atom. The number of nitrogens with two attached hydrogens (primary N) is 1. The summed E-state index contributed by atoms with van der Waals surface area (Å²) in [6, 6.07) is 0. The maximum absolute atomic E-state index is 11.6. The number of amides is 1. The van der Waals surface area contributed by atoms with Gasteiger partial charge in [-0.05, 0) is 27.2 Å². The molecule has 15 heavy (non-hydrogen) atoms. The molecule has 0 fully saturated rings.